The van der Waals surface area contributed by atoms with Crippen molar-refractivity contribution in [3.63, 3.8) is 0 Å². The van der Waals surface area contributed by atoms with Crippen molar-refractivity contribution in [2.24, 2.45) is 0 Å². The van der Waals surface area contributed by atoms with E-state index in [4.69, 9.17) is 9.47 Å². The molecule has 0 spiro atoms. The summed E-state index contributed by atoms with van der Waals surface area (Å²) in [4.78, 5) is 0. The quantitative estimate of drug-likeness (QED) is 0.358. The Hall–Kier alpha value is -1.84. The number of aromatic nitrogens is 1. The maximum absolute atomic E-state index is 13.2. The molecule has 0 saturated carbocycles. The van der Waals surface area contributed by atoms with Crippen LogP contribution in [0.2, 0.25) is 0 Å². The minimum Gasteiger partial charge on any atom is -0.341 e. The van der Waals surface area contributed by atoms with Crippen molar-refractivity contribution in [1.82, 2.24) is 0 Å². The molecular formula is C15H14F8NO2P. The summed E-state index contributed by atoms with van der Waals surface area (Å²) in [7, 11) is -10.7. The fourth-order valence-electron chi connectivity index (χ4n) is 2.28. The monoisotopic (exact) mass is 423 g/mol. The molecule has 0 atom stereocenters. The second kappa shape index (κ2) is 6.96. The van der Waals surface area contributed by atoms with E-state index < -0.39 is 25.7 Å². The average molecular weight is 423 g/mol. The van der Waals surface area contributed by atoms with Gasteiger partial charge in [-0.25, -0.2) is 8.78 Å². The van der Waals surface area contributed by atoms with Crippen LogP contribution in [0.3, 0.4) is 0 Å². The van der Waals surface area contributed by atoms with Crippen LogP contribution >= 0.6 is 7.81 Å². The van der Waals surface area contributed by atoms with Crippen molar-refractivity contribution < 1.29 is 48.0 Å². The molecule has 1 aromatic carbocycles. The van der Waals surface area contributed by atoms with Gasteiger partial charge in [-0.05, 0) is 18.2 Å². The van der Waals surface area contributed by atoms with Crippen molar-refractivity contribution in [2.75, 3.05) is 13.2 Å². The minimum atomic E-state index is -10.7. The van der Waals surface area contributed by atoms with Crippen LogP contribution in [0.15, 0.2) is 42.6 Å². The third-order valence-corrected chi connectivity index (χ3v) is 3.11. The number of benzene rings is 1. The average Bonchev–Trinajstić information content (AvgIpc) is 2.97. The van der Waals surface area contributed by atoms with E-state index in [9.17, 15) is 34.0 Å². The van der Waals surface area contributed by atoms with Crippen LogP contribution in [0, 0.1) is 11.6 Å². The van der Waals surface area contributed by atoms with Gasteiger partial charge in [0.25, 0.3) is 0 Å². The predicted molar refractivity (Wildman–Crippen MR) is 80.3 cm³/mol. The van der Waals surface area contributed by atoms with Gasteiger partial charge in [-0.1, -0.05) is 0 Å². The van der Waals surface area contributed by atoms with E-state index in [1.807, 2.05) is 29.0 Å². The molecule has 1 saturated heterocycles. The molecule has 1 fully saturated rings. The van der Waals surface area contributed by atoms with Crippen molar-refractivity contribution in [3.05, 3.63) is 65.5 Å². The molecule has 0 unspecified atom stereocenters. The second-order valence-electron chi connectivity index (χ2n) is 5.56. The van der Waals surface area contributed by atoms with E-state index in [2.05, 4.69) is 0 Å². The Labute approximate surface area is 148 Å². The van der Waals surface area contributed by atoms with Gasteiger partial charge in [0.1, 0.15) is 11.6 Å². The van der Waals surface area contributed by atoms with Gasteiger partial charge in [0, 0.05) is 23.8 Å². The maximum atomic E-state index is 13.2. The number of hydrogen-bond acceptors (Lipinski definition) is 2. The number of hydrogen-bond donors (Lipinski definition) is 0. The largest absolute Gasteiger partial charge is 0.341 e. The molecule has 1 aliphatic heterocycles. The van der Waals surface area contributed by atoms with E-state index in [0.717, 1.165) is 11.8 Å². The fraction of sp³-hybridized carbons (Fsp3) is 0.267. The van der Waals surface area contributed by atoms with Crippen molar-refractivity contribution in [2.45, 2.75) is 12.8 Å². The van der Waals surface area contributed by atoms with Crippen LogP contribution in [-0.2, 0) is 16.0 Å². The summed E-state index contributed by atoms with van der Waals surface area (Å²) >= 11 is 0. The third-order valence-electron chi connectivity index (χ3n) is 3.11. The molecule has 12 heteroatoms. The molecule has 0 bridgehead atoms. The molecule has 1 aliphatic rings. The molecule has 0 aliphatic carbocycles. The first kappa shape index (κ1) is 21.5. The Morgan fingerprint density at radius 1 is 0.889 bits per heavy atom. The van der Waals surface area contributed by atoms with Crippen LogP contribution in [0.25, 0.3) is 0 Å². The van der Waals surface area contributed by atoms with Gasteiger partial charge in [0.05, 0.1) is 13.2 Å². The van der Waals surface area contributed by atoms with Crippen LogP contribution in [0.4, 0.5) is 34.0 Å². The van der Waals surface area contributed by atoms with Crippen LogP contribution < -0.4 is 4.57 Å². The summed E-state index contributed by atoms with van der Waals surface area (Å²) < 4.78 is 98.5. The van der Waals surface area contributed by atoms with Crippen LogP contribution in [-0.4, -0.2) is 13.2 Å². The molecular weight excluding hydrogens is 409 g/mol. The van der Waals surface area contributed by atoms with Gasteiger partial charge in [0.2, 0.25) is 12.0 Å². The zero-order valence-corrected chi connectivity index (χ0v) is 14.4. The predicted octanol–water partition coefficient (Wildman–Crippen LogP) is 5.73. The van der Waals surface area contributed by atoms with Gasteiger partial charge >= 0.3 is 33.0 Å². The normalized spacial score (nSPS) is 17.6. The smallest absolute Gasteiger partial charge is 0.245 e. The molecule has 0 amide bonds. The Kier molecular flexibility index (Phi) is 5.53. The third kappa shape index (κ3) is 9.07. The summed E-state index contributed by atoms with van der Waals surface area (Å²) in [5.74, 6) is -1.15. The van der Waals surface area contributed by atoms with Crippen molar-refractivity contribution in [3.8, 4) is 0 Å². The fourth-order valence-corrected chi connectivity index (χ4v) is 2.28. The Bertz CT molecular complexity index is 775. The van der Waals surface area contributed by atoms with Crippen LogP contribution in [0.1, 0.15) is 17.5 Å². The van der Waals surface area contributed by atoms with Gasteiger partial charge in [-0.2, -0.15) is 4.57 Å². The maximum Gasteiger partial charge on any atom is 0.245 e. The van der Waals surface area contributed by atoms with Crippen LogP contribution in [0.5, 0.6) is 0 Å². The molecule has 0 radical (unpaired) electrons. The standard InChI is InChI=1S/C15H14F2NO2.F6P/c16-12-7-11(8-13(17)9-12)10-18-4-2-1-3-14(18)15-19-5-6-20-15;1-7(2,3,4,5)6/h1-4,7-9,15H,5-6,10H2;/q+1;-1. The van der Waals surface area contributed by atoms with E-state index in [1.54, 1.807) is 0 Å². The Balaban J connectivity index is 0.000000321. The molecule has 3 nitrogen and oxygen atoms in total. The van der Waals surface area contributed by atoms with Crippen molar-refractivity contribution in [1.29, 1.82) is 0 Å². The minimum absolute atomic E-state index is 0.355. The van der Waals surface area contributed by atoms with E-state index in [1.165, 1.54) is 12.1 Å². The Morgan fingerprint density at radius 2 is 1.41 bits per heavy atom. The number of rotatable bonds is 3. The van der Waals surface area contributed by atoms with Gasteiger partial charge in [-0.3, -0.25) is 0 Å². The van der Waals surface area contributed by atoms with Gasteiger partial charge in [0.15, 0.2) is 12.7 Å². The Morgan fingerprint density at radius 3 is 1.93 bits per heavy atom. The van der Waals surface area contributed by atoms with E-state index >= 15 is 0 Å². The second-order valence-corrected chi connectivity index (χ2v) is 7.48. The molecule has 1 aromatic heterocycles. The van der Waals surface area contributed by atoms with Crippen molar-refractivity contribution >= 4 is 7.81 Å². The molecule has 0 N–H and O–H groups in total. The van der Waals surface area contributed by atoms with Gasteiger partial charge in [-0.15, -0.1) is 0 Å². The first-order valence-electron chi connectivity index (χ1n) is 7.40. The first-order valence-corrected chi connectivity index (χ1v) is 9.43. The number of pyridine rings is 1. The number of halogens is 8. The molecule has 27 heavy (non-hydrogen) atoms. The summed E-state index contributed by atoms with van der Waals surface area (Å²) in [6, 6.07) is 9.12. The zero-order chi connectivity index (χ0) is 20.4. The molecule has 2 aromatic rings. The number of ether oxygens (including phenoxy) is 2. The van der Waals surface area contributed by atoms with Gasteiger partial charge < -0.3 is 9.47 Å². The summed E-state index contributed by atoms with van der Waals surface area (Å²) in [6.45, 7) is 1.45. The van der Waals surface area contributed by atoms with E-state index in [-0.39, 0.29) is 0 Å². The van der Waals surface area contributed by atoms with E-state index in [0.29, 0.717) is 25.3 Å². The molecule has 2 heterocycles. The number of nitrogens with zero attached hydrogens (tertiary/aromatic N) is 1. The summed E-state index contributed by atoms with van der Waals surface area (Å²) in [6.07, 6.45) is 1.41. The summed E-state index contributed by atoms with van der Waals surface area (Å²) in [5.41, 5.74) is 1.38. The first-order chi connectivity index (χ1) is 12.2. The molecule has 152 valence electrons. The summed E-state index contributed by atoms with van der Waals surface area (Å²) in [5, 5.41) is 0. The topological polar surface area (TPSA) is 22.3 Å². The zero-order valence-electron chi connectivity index (χ0n) is 13.5. The molecule has 3 rings (SSSR count). The SMILES string of the molecule is F[P-](F)(F)(F)(F)F.Fc1cc(F)cc(C[n+]2ccccc2C2OCCO2)c1.